The molecule has 98 valence electrons. The number of hydrogen-bond donors (Lipinski definition) is 1. The molecule has 0 atom stereocenters. The number of halogens is 1. The third-order valence-corrected chi connectivity index (χ3v) is 3.35. The fourth-order valence-corrected chi connectivity index (χ4v) is 2.08. The van der Waals surface area contributed by atoms with Crippen molar-refractivity contribution < 1.29 is 9.18 Å². The zero-order chi connectivity index (χ0) is 14.2. The van der Waals surface area contributed by atoms with E-state index in [9.17, 15) is 9.18 Å². The number of benzene rings is 2. The van der Waals surface area contributed by atoms with Crippen molar-refractivity contribution in [2.75, 3.05) is 5.73 Å². The molecule has 3 heteroatoms. The van der Waals surface area contributed by atoms with Gasteiger partial charge in [0.25, 0.3) is 0 Å². The molecule has 0 spiro atoms. The molecule has 2 aromatic carbocycles. The number of aryl methyl sites for hydroxylation is 3. The second-order valence-corrected chi connectivity index (χ2v) is 4.81. The largest absolute Gasteiger partial charge is 0.398 e. The summed E-state index contributed by atoms with van der Waals surface area (Å²) >= 11 is 0. The van der Waals surface area contributed by atoms with E-state index in [0.29, 0.717) is 11.3 Å². The first-order valence-corrected chi connectivity index (χ1v) is 6.07. The van der Waals surface area contributed by atoms with Crippen molar-refractivity contribution in [3.63, 3.8) is 0 Å². The summed E-state index contributed by atoms with van der Waals surface area (Å²) in [5, 5.41) is 0. The Kier molecular flexibility index (Phi) is 3.38. The molecular formula is C16H16FNO. The standard InChI is InChI=1S/C16H16FNO/c1-9-6-11(3)13(7-10(9)2)16(19)14-8-12(17)4-5-15(14)18/h4-8H,18H2,1-3H3. The Morgan fingerprint density at radius 1 is 0.947 bits per heavy atom. The smallest absolute Gasteiger partial charge is 0.195 e. The lowest BCUT2D eigenvalue weighted by Crippen LogP contribution is -2.08. The number of carbonyl (C=O) groups is 1. The zero-order valence-corrected chi connectivity index (χ0v) is 11.3. The Bertz CT molecular complexity index is 662. The molecule has 0 aliphatic heterocycles. The van der Waals surface area contributed by atoms with Crippen LogP contribution in [-0.2, 0) is 0 Å². The number of rotatable bonds is 2. The molecule has 0 unspecified atom stereocenters. The molecule has 0 bridgehead atoms. The predicted octanol–water partition coefficient (Wildman–Crippen LogP) is 3.56. The summed E-state index contributed by atoms with van der Waals surface area (Å²) in [6.45, 7) is 5.81. The van der Waals surface area contributed by atoms with E-state index in [2.05, 4.69) is 0 Å². The molecular weight excluding hydrogens is 241 g/mol. The minimum Gasteiger partial charge on any atom is -0.398 e. The Labute approximate surface area is 112 Å². The van der Waals surface area contributed by atoms with Crippen molar-refractivity contribution in [2.24, 2.45) is 0 Å². The molecule has 19 heavy (non-hydrogen) atoms. The van der Waals surface area contributed by atoms with E-state index in [4.69, 9.17) is 5.73 Å². The number of hydrogen-bond acceptors (Lipinski definition) is 2. The predicted molar refractivity (Wildman–Crippen MR) is 74.9 cm³/mol. The zero-order valence-electron chi connectivity index (χ0n) is 11.3. The average molecular weight is 257 g/mol. The highest BCUT2D eigenvalue weighted by atomic mass is 19.1. The van der Waals surface area contributed by atoms with Gasteiger partial charge in [-0.25, -0.2) is 4.39 Å². The maximum absolute atomic E-state index is 13.3. The van der Waals surface area contributed by atoms with Gasteiger partial charge in [-0.15, -0.1) is 0 Å². The summed E-state index contributed by atoms with van der Waals surface area (Å²) in [6, 6.07) is 7.64. The van der Waals surface area contributed by atoms with Gasteiger partial charge in [0.05, 0.1) is 0 Å². The number of carbonyl (C=O) groups excluding carboxylic acids is 1. The van der Waals surface area contributed by atoms with Gasteiger partial charge in [0.1, 0.15) is 5.82 Å². The van der Waals surface area contributed by atoms with Crippen LogP contribution in [0.3, 0.4) is 0 Å². The first-order chi connectivity index (χ1) is 8.90. The van der Waals surface area contributed by atoms with Crippen molar-refractivity contribution >= 4 is 11.5 Å². The van der Waals surface area contributed by atoms with E-state index >= 15 is 0 Å². The van der Waals surface area contributed by atoms with Crippen LogP contribution in [0.15, 0.2) is 30.3 Å². The van der Waals surface area contributed by atoms with Gasteiger partial charge in [0, 0.05) is 16.8 Å². The lowest BCUT2D eigenvalue weighted by molar-refractivity contribution is 0.103. The van der Waals surface area contributed by atoms with Crippen LogP contribution in [0.4, 0.5) is 10.1 Å². The van der Waals surface area contributed by atoms with Gasteiger partial charge in [0.15, 0.2) is 5.78 Å². The molecule has 0 amide bonds. The minimum absolute atomic E-state index is 0.214. The Morgan fingerprint density at radius 2 is 1.58 bits per heavy atom. The molecule has 0 saturated heterocycles. The first kappa shape index (κ1) is 13.3. The molecule has 2 nitrogen and oxygen atoms in total. The third-order valence-electron chi connectivity index (χ3n) is 3.35. The molecule has 0 heterocycles. The van der Waals surface area contributed by atoms with Crippen molar-refractivity contribution in [3.8, 4) is 0 Å². The monoisotopic (exact) mass is 257 g/mol. The minimum atomic E-state index is -0.459. The molecule has 0 saturated carbocycles. The van der Waals surface area contributed by atoms with Gasteiger partial charge in [-0.1, -0.05) is 6.07 Å². The van der Waals surface area contributed by atoms with Gasteiger partial charge < -0.3 is 5.73 Å². The second kappa shape index (κ2) is 4.84. The summed E-state index contributed by atoms with van der Waals surface area (Å²) in [6.07, 6.45) is 0. The lowest BCUT2D eigenvalue weighted by Gasteiger charge is -2.10. The molecule has 0 aromatic heterocycles. The Balaban J connectivity index is 2.56. The van der Waals surface area contributed by atoms with Crippen LogP contribution in [0.2, 0.25) is 0 Å². The maximum Gasteiger partial charge on any atom is 0.195 e. The van der Waals surface area contributed by atoms with Gasteiger partial charge in [-0.05, 0) is 61.7 Å². The summed E-state index contributed by atoms with van der Waals surface area (Å²) in [7, 11) is 0. The van der Waals surface area contributed by atoms with Crippen LogP contribution >= 0.6 is 0 Å². The molecule has 0 aliphatic carbocycles. The molecule has 0 radical (unpaired) electrons. The highest BCUT2D eigenvalue weighted by Crippen LogP contribution is 2.22. The fraction of sp³-hybridized carbons (Fsp3) is 0.188. The van der Waals surface area contributed by atoms with Crippen molar-refractivity contribution in [3.05, 3.63) is 64.0 Å². The normalized spacial score (nSPS) is 10.5. The fourth-order valence-electron chi connectivity index (χ4n) is 2.08. The summed E-state index contributed by atoms with van der Waals surface area (Å²) < 4.78 is 13.3. The molecule has 0 aliphatic rings. The average Bonchev–Trinajstić information content (AvgIpc) is 2.36. The van der Waals surface area contributed by atoms with Crippen LogP contribution in [-0.4, -0.2) is 5.78 Å². The molecule has 2 rings (SSSR count). The number of anilines is 1. The van der Waals surface area contributed by atoms with E-state index in [1.165, 1.54) is 18.2 Å². The molecule has 2 aromatic rings. The SMILES string of the molecule is Cc1cc(C)c(C(=O)c2cc(F)ccc2N)cc1C. The highest BCUT2D eigenvalue weighted by Gasteiger charge is 2.16. The summed E-state index contributed by atoms with van der Waals surface area (Å²) in [5.74, 6) is -0.698. The highest BCUT2D eigenvalue weighted by molar-refractivity contribution is 6.13. The van der Waals surface area contributed by atoms with E-state index in [0.717, 1.165) is 16.7 Å². The summed E-state index contributed by atoms with van der Waals surface area (Å²) in [4.78, 5) is 12.5. The Morgan fingerprint density at radius 3 is 2.26 bits per heavy atom. The van der Waals surface area contributed by atoms with Crippen molar-refractivity contribution in [1.29, 1.82) is 0 Å². The van der Waals surface area contributed by atoms with Crippen LogP contribution in [0, 0.1) is 26.6 Å². The molecule has 0 fully saturated rings. The Hall–Kier alpha value is -2.16. The first-order valence-electron chi connectivity index (χ1n) is 6.07. The quantitative estimate of drug-likeness (QED) is 0.660. The second-order valence-electron chi connectivity index (χ2n) is 4.81. The van der Waals surface area contributed by atoms with Gasteiger partial charge in [0.2, 0.25) is 0 Å². The van der Waals surface area contributed by atoms with Gasteiger partial charge >= 0.3 is 0 Å². The summed E-state index contributed by atoms with van der Waals surface area (Å²) in [5.41, 5.74) is 9.87. The molecule has 2 N–H and O–H groups in total. The number of nitrogen functional groups attached to an aromatic ring is 1. The van der Waals surface area contributed by atoms with Gasteiger partial charge in [-0.3, -0.25) is 4.79 Å². The van der Waals surface area contributed by atoms with Crippen LogP contribution in [0.25, 0.3) is 0 Å². The van der Waals surface area contributed by atoms with E-state index in [1.807, 2.05) is 32.9 Å². The third kappa shape index (κ3) is 2.50. The van der Waals surface area contributed by atoms with E-state index in [-0.39, 0.29) is 11.3 Å². The van der Waals surface area contributed by atoms with Gasteiger partial charge in [-0.2, -0.15) is 0 Å². The van der Waals surface area contributed by atoms with Crippen molar-refractivity contribution in [2.45, 2.75) is 20.8 Å². The van der Waals surface area contributed by atoms with Crippen LogP contribution < -0.4 is 5.73 Å². The van der Waals surface area contributed by atoms with Crippen LogP contribution in [0.5, 0.6) is 0 Å². The van der Waals surface area contributed by atoms with E-state index in [1.54, 1.807) is 0 Å². The number of nitrogens with two attached hydrogens (primary N) is 1. The van der Waals surface area contributed by atoms with Crippen LogP contribution in [0.1, 0.15) is 32.6 Å². The van der Waals surface area contributed by atoms with E-state index < -0.39 is 5.82 Å². The topological polar surface area (TPSA) is 43.1 Å². The maximum atomic E-state index is 13.3. The van der Waals surface area contributed by atoms with Crippen molar-refractivity contribution in [1.82, 2.24) is 0 Å². The number of ketones is 1. The lowest BCUT2D eigenvalue weighted by atomic mass is 9.94.